The lowest BCUT2D eigenvalue weighted by atomic mass is 10.1. The molecule has 0 aliphatic carbocycles. The molecule has 0 aliphatic rings. The molecule has 0 saturated carbocycles. The van der Waals surface area contributed by atoms with E-state index in [1.807, 2.05) is 49.4 Å². The first-order valence-corrected chi connectivity index (χ1v) is 9.12. The Kier molecular flexibility index (Phi) is 8.45. The van der Waals surface area contributed by atoms with Gasteiger partial charge in [0.15, 0.2) is 17.5 Å². The molecule has 0 heterocycles. The van der Waals surface area contributed by atoms with E-state index in [1.54, 1.807) is 14.2 Å². The van der Waals surface area contributed by atoms with Crippen LogP contribution < -0.4 is 20.1 Å². The van der Waals surface area contributed by atoms with Gasteiger partial charge in [-0.1, -0.05) is 30.3 Å². The van der Waals surface area contributed by atoms with Crippen LogP contribution in [-0.2, 0) is 19.6 Å². The van der Waals surface area contributed by atoms with Gasteiger partial charge in [-0.25, -0.2) is 4.99 Å². The van der Waals surface area contributed by atoms with E-state index in [2.05, 4.69) is 15.6 Å². The summed E-state index contributed by atoms with van der Waals surface area (Å²) in [7, 11) is 3.27. The zero-order valence-electron chi connectivity index (χ0n) is 16.3. The molecule has 0 fully saturated rings. The van der Waals surface area contributed by atoms with Gasteiger partial charge in [0.25, 0.3) is 0 Å². The number of ether oxygens (including phenoxy) is 2. The number of nitrogens with zero attached hydrogens (tertiary/aromatic N) is 1. The molecule has 0 unspecified atom stereocenters. The summed E-state index contributed by atoms with van der Waals surface area (Å²) in [5.74, 6) is 2.22. The summed E-state index contributed by atoms with van der Waals surface area (Å²) in [5, 5.41) is 16.0. The van der Waals surface area contributed by atoms with Crippen molar-refractivity contribution in [3.8, 4) is 11.5 Å². The molecule has 0 saturated heterocycles. The lowest BCUT2D eigenvalue weighted by molar-refractivity contribution is 0.280. The minimum Gasteiger partial charge on any atom is -0.493 e. The molecule has 0 atom stereocenters. The fourth-order valence-corrected chi connectivity index (χ4v) is 2.73. The minimum atomic E-state index is 0.0228. The van der Waals surface area contributed by atoms with Gasteiger partial charge in [-0.3, -0.25) is 0 Å². The molecule has 0 amide bonds. The first kappa shape index (κ1) is 20.6. The van der Waals surface area contributed by atoms with Gasteiger partial charge >= 0.3 is 0 Å². The van der Waals surface area contributed by atoms with Crippen LogP contribution in [0.5, 0.6) is 11.5 Å². The molecule has 0 spiro atoms. The van der Waals surface area contributed by atoms with Crippen molar-refractivity contribution in [2.45, 2.75) is 26.5 Å². The van der Waals surface area contributed by atoms with Gasteiger partial charge in [0, 0.05) is 13.1 Å². The van der Waals surface area contributed by atoms with E-state index in [9.17, 15) is 5.11 Å². The lowest BCUT2D eigenvalue weighted by Crippen LogP contribution is -2.38. The molecular formula is C21H29N3O3. The van der Waals surface area contributed by atoms with Gasteiger partial charge in [-0.2, -0.15) is 0 Å². The summed E-state index contributed by atoms with van der Waals surface area (Å²) >= 11 is 0. The summed E-state index contributed by atoms with van der Waals surface area (Å²) in [6, 6.07) is 13.7. The number of benzene rings is 2. The van der Waals surface area contributed by atoms with E-state index in [1.165, 1.54) is 0 Å². The third-order valence-corrected chi connectivity index (χ3v) is 4.19. The normalized spacial score (nSPS) is 11.2. The summed E-state index contributed by atoms with van der Waals surface area (Å²) in [5.41, 5.74) is 3.08. The predicted octanol–water partition coefficient (Wildman–Crippen LogP) is 2.49. The zero-order valence-corrected chi connectivity index (χ0v) is 16.3. The molecule has 6 nitrogen and oxygen atoms in total. The van der Waals surface area contributed by atoms with Crippen LogP contribution in [0.2, 0.25) is 0 Å². The van der Waals surface area contributed by atoms with Gasteiger partial charge in [0.1, 0.15) is 0 Å². The van der Waals surface area contributed by atoms with E-state index in [4.69, 9.17) is 9.47 Å². The monoisotopic (exact) mass is 371 g/mol. The van der Waals surface area contributed by atoms with Crippen molar-refractivity contribution in [1.29, 1.82) is 0 Å². The molecule has 146 valence electrons. The van der Waals surface area contributed by atoms with Crippen LogP contribution in [0.15, 0.2) is 47.5 Å². The number of methoxy groups -OCH3 is 2. The summed E-state index contributed by atoms with van der Waals surface area (Å²) in [4.78, 5) is 4.62. The maximum Gasteiger partial charge on any atom is 0.191 e. The number of aliphatic imine (C=N–C) groups is 1. The average molecular weight is 371 g/mol. The van der Waals surface area contributed by atoms with Crippen molar-refractivity contribution in [3.63, 3.8) is 0 Å². The Morgan fingerprint density at radius 1 is 1.00 bits per heavy atom. The quantitative estimate of drug-likeness (QED) is 0.466. The van der Waals surface area contributed by atoms with Crippen molar-refractivity contribution in [2.24, 2.45) is 4.99 Å². The number of aliphatic hydroxyl groups excluding tert-OH is 1. The van der Waals surface area contributed by atoms with E-state index in [0.717, 1.165) is 53.7 Å². The Labute approximate surface area is 161 Å². The highest BCUT2D eigenvalue weighted by molar-refractivity contribution is 5.79. The first-order valence-electron chi connectivity index (χ1n) is 9.12. The Morgan fingerprint density at radius 2 is 1.74 bits per heavy atom. The van der Waals surface area contributed by atoms with Gasteiger partial charge in [0.2, 0.25) is 0 Å². The SMILES string of the molecule is CCNC(=NCc1ccccc1CO)NCCc1ccc(OC)c(OC)c1. The molecule has 0 aliphatic heterocycles. The van der Waals surface area contributed by atoms with Gasteiger partial charge in [0.05, 0.1) is 27.4 Å². The van der Waals surface area contributed by atoms with Crippen LogP contribution in [0.25, 0.3) is 0 Å². The van der Waals surface area contributed by atoms with Crippen LogP contribution in [0, 0.1) is 0 Å². The fraction of sp³-hybridized carbons (Fsp3) is 0.381. The smallest absolute Gasteiger partial charge is 0.191 e. The maximum atomic E-state index is 9.44. The summed E-state index contributed by atoms with van der Waals surface area (Å²) < 4.78 is 10.6. The molecule has 3 N–H and O–H groups in total. The van der Waals surface area contributed by atoms with Crippen molar-refractivity contribution in [1.82, 2.24) is 10.6 Å². The highest BCUT2D eigenvalue weighted by Gasteiger charge is 2.05. The van der Waals surface area contributed by atoms with Crippen molar-refractivity contribution in [3.05, 3.63) is 59.2 Å². The largest absolute Gasteiger partial charge is 0.493 e. The zero-order chi connectivity index (χ0) is 19.5. The molecule has 2 aromatic carbocycles. The van der Waals surface area contributed by atoms with E-state index < -0.39 is 0 Å². The average Bonchev–Trinajstić information content (AvgIpc) is 2.72. The Hall–Kier alpha value is -2.73. The highest BCUT2D eigenvalue weighted by Crippen LogP contribution is 2.27. The van der Waals surface area contributed by atoms with E-state index >= 15 is 0 Å². The third kappa shape index (κ3) is 6.18. The van der Waals surface area contributed by atoms with Crippen molar-refractivity contribution < 1.29 is 14.6 Å². The van der Waals surface area contributed by atoms with Crippen LogP contribution in [0.4, 0.5) is 0 Å². The Morgan fingerprint density at radius 3 is 2.41 bits per heavy atom. The highest BCUT2D eigenvalue weighted by atomic mass is 16.5. The van der Waals surface area contributed by atoms with Crippen molar-refractivity contribution in [2.75, 3.05) is 27.3 Å². The third-order valence-electron chi connectivity index (χ3n) is 4.19. The fourth-order valence-electron chi connectivity index (χ4n) is 2.73. The van der Waals surface area contributed by atoms with Crippen LogP contribution in [-0.4, -0.2) is 38.4 Å². The van der Waals surface area contributed by atoms with Crippen LogP contribution in [0.3, 0.4) is 0 Å². The van der Waals surface area contributed by atoms with Crippen LogP contribution >= 0.6 is 0 Å². The molecular weight excluding hydrogens is 342 g/mol. The number of hydrogen-bond acceptors (Lipinski definition) is 4. The van der Waals surface area contributed by atoms with Gasteiger partial charge in [-0.15, -0.1) is 0 Å². The molecule has 2 aromatic rings. The Bertz CT molecular complexity index is 747. The van der Waals surface area contributed by atoms with Crippen molar-refractivity contribution >= 4 is 5.96 Å². The number of nitrogens with one attached hydrogen (secondary N) is 2. The topological polar surface area (TPSA) is 75.1 Å². The van der Waals surface area contributed by atoms with E-state index in [-0.39, 0.29) is 6.61 Å². The number of hydrogen-bond donors (Lipinski definition) is 3. The molecule has 2 rings (SSSR count). The predicted molar refractivity (Wildman–Crippen MR) is 108 cm³/mol. The van der Waals surface area contributed by atoms with E-state index in [0.29, 0.717) is 6.54 Å². The number of guanidine groups is 1. The molecule has 0 radical (unpaired) electrons. The number of aliphatic hydroxyl groups is 1. The van der Waals surface area contributed by atoms with Gasteiger partial charge < -0.3 is 25.2 Å². The molecule has 6 heteroatoms. The second kappa shape index (κ2) is 11.1. The second-order valence-electron chi connectivity index (χ2n) is 5.99. The first-order chi connectivity index (χ1) is 13.2. The lowest BCUT2D eigenvalue weighted by Gasteiger charge is -2.13. The number of rotatable bonds is 9. The summed E-state index contributed by atoms with van der Waals surface area (Å²) in [6.07, 6.45) is 0.831. The van der Waals surface area contributed by atoms with Crippen LogP contribution in [0.1, 0.15) is 23.6 Å². The summed E-state index contributed by atoms with van der Waals surface area (Å²) in [6.45, 7) is 4.09. The molecule has 0 bridgehead atoms. The Balaban J connectivity index is 1.96. The standard InChI is InChI=1S/C21H29N3O3/c1-4-22-21(24-14-17-7-5-6-8-18(17)15-25)23-12-11-16-9-10-19(26-2)20(13-16)27-3/h5-10,13,25H,4,11-12,14-15H2,1-3H3,(H2,22,23,24). The molecule has 27 heavy (non-hydrogen) atoms. The maximum absolute atomic E-state index is 9.44. The minimum absolute atomic E-state index is 0.0228. The molecule has 0 aromatic heterocycles. The van der Waals surface area contributed by atoms with Gasteiger partial charge in [-0.05, 0) is 42.2 Å². The second-order valence-corrected chi connectivity index (χ2v) is 5.99.